The fraction of sp³-hybridized carbons (Fsp3) is 0.462. The molecule has 0 bridgehead atoms. The molecule has 16 heavy (non-hydrogen) atoms. The molecule has 3 nitrogen and oxygen atoms in total. The molecule has 0 heterocycles. The van der Waals surface area contributed by atoms with Crippen LogP contribution in [0.2, 0.25) is 0 Å². The number of carboxylic acids is 1. The molecule has 1 aliphatic rings. The Kier molecular flexibility index (Phi) is 2.22. The molecule has 1 aliphatic carbocycles. The van der Waals surface area contributed by atoms with Crippen molar-refractivity contribution in [1.29, 1.82) is 0 Å². The molecule has 1 fully saturated rings. The number of hydrogen-bond donors (Lipinski definition) is 2. The molecular weight excluding hydrogens is 204 g/mol. The van der Waals surface area contributed by atoms with Crippen molar-refractivity contribution in [3.05, 3.63) is 29.8 Å². The van der Waals surface area contributed by atoms with Gasteiger partial charge >= 0.3 is 5.97 Å². The molecule has 1 aromatic carbocycles. The van der Waals surface area contributed by atoms with E-state index in [4.69, 9.17) is 0 Å². The SMILES string of the molecule is CC1(C)CC(C(=O)O)(c2cccc(O)c2)C1. The van der Waals surface area contributed by atoms with Crippen molar-refractivity contribution in [3.63, 3.8) is 0 Å². The fourth-order valence-corrected chi connectivity index (χ4v) is 2.86. The number of aliphatic carboxylic acids is 1. The third kappa shape index (κ3) is 1.56. The van der Waals surface area contributed by atoms with E-state index in [1.807, 2.05) is 0 Å². The first-order valence-electron chi connectivity index (χ1n) is 5.39. The Balaban J connectivity index is 2.40. The van der Waals surface area contributed by atoms with E-state index in [1.165, 1.54) is 0 Å². The normalized spacial score (nSPS) is 21.1. The van der Waals surface area contributed by atoms with E-state index in [0.29, 0.717) is 18.4 Å². The van der Waals surface area contributed by atoms with Gasteiger partial charge in [0.25, 0.3) is 0 Å². The average molecular weight is 220 g/mol. The average Bonchev–Trinajstić information content (AvgIpc) is 2.13. The molecule has 0 saturated heterocycles. The van der Waals surface area contributed by atoms with Crippen LogP contribution < -0.4 is 0 Å². The van der Waals surface area contributed by atoms with Crippen molar-refractivity contribution in [1.82, 2.24) is 0 Å². The van der Waals surface area contributed by atoms with Gasteiger partial charge in [-0.25, -0.2) is 0 Å². The minimum absolute atomic E-state index is 0.0733. The predicted octanol–water partition coefficient (Wildman–Crippen LogP) is 2.53. The highest BCUT2D eigenvalue weighted by atomic mass is 16.4. The minimum atomic E-state index is -0.803. The quantitative estimate of drug-likeness (QED) is 0.805. The van der Waals surface area contributed by atoms with Crippen LogP contribution in [-0.2, 0) is 10.2 Å². The summed E-state index contributed by atoms with van der Waals surface area (Å²) >= 11 is 0. The van der Waals surface area contributed by atoms with Crippen molar-refractivity contribution in [2.24, 2.45) is 5.41 Å². The highest BCUT2D eigenvalue weighted by Crippen LogP contribution is 2.55. The Morgan fingerprint density at radius 1 is 1.31 bits per heavy atom. The second-order valence-electron chi connectivity index (χ2n) is 5.46. The van der Waals surface area contributed by atoms with Crippen molar-refractivity contribution in [2.45, 2.75) is 32.1 Å². The Labute approximate surface area is 94.7 Å². The van der Waals surface area contributed by atoms with Crippen molar-refractivity contribution in [2.75, 3.05) is 0 Å². The minimum Gasteiger partial charge on any atom is -0.508 e. The Morgan fingerprint density at radius 3 is 2.38 bits per heavy atom. The van der Waals surface area contributed by atoms with Gasteiger partial charge in [-0.1, -0.05) is 26.0 Å². The smallest absolute Gasteiger partial charge is 0.314 e. The monoisotopic (exact) mass is 220 g/mol. The zero-order valence-corrected chi connectivity index (χ0v) is 9.53. The van der Waals surface area contributed by atoms with Crippen LogP contribution in [0.3, 0.4) is 0 Å². The fourth-order valence-electron chi connectivity index (χ4n) is 2.86. The number of rotatable bonds is 2. The maximum atomic E-state index is 11.4. The van der Waals surface area contributed by atoms with Crippen molar-refractivity contribution in [3.8, 4) is 5.75 Å². The van der Waals surface area contributed by atoms with Crippen LogP contribution in [0.1, 0.15) is 32.3 Å². The lowest BCUT2D eigenvalue weighted by Gasteiger charge is -2.50. The van der Waals surface area contributed by atoms with Crippen LogP contribution >= 0.6 is 0 Å². The summed E-state index contributed by atoms with van der Waals surface area (Å²) in [5, 5.41) is 18.8. The molecule has 0 spiro atoms. The molecule has 0 radical (unpaired) electrons. The first-order chi connectivity index (χ1) is 7.36. The van der Waals surface area contributed by atoms with Gasteiger partial charge in [0.15, 0.2) is 0 Å². The molecular formula is C13H16O3. The second-order valence-corrected chi connectivity index (χ2v) is 5.46. The highest BCUT2D eigenvalue weighted by molar-refractivity contribution is 5.83. The van der Waals surface area contributed by atoms with Gasteiger partial charge < -0.3 is 10.2 Å². The Hall–Kier alpha value is -1.51. The van der Waals surface area contributed by atoms with E-state index in [0.717, 1.165) is 0 Å². The van der Waals surface area contributed by atoms with Crippen molar-refractivity contribution < 1.29 is 15.0 Å². The molecule has 0 aliphatic heterocycles. The van der Waals surface area contributed by atoms with E-state index in [2.05, 4.69) is 13.8 Å². The van der Waals surface area contributed by atoms with Gasteiger partial charge in [-0.15, -0.1) is 0 Å². The standard InChI is InChI=1S/C13H16O3/c1-12(2)7-13(8-12,11(15)16)9-4-3-5-10(14)6-9/h3-6,14H,7-8H2,1-2H3,(H,15,16). The summed E-state index contributed by atoms with van der Waals surface area (Å²) in [4.78, 5) is 11.4. The Morgan fingerprint density at radius 2 is 1.94 bits per heavy atom. The van der Waals surface area contributed by atoms with Crippen LogP contribution in [-0.4, -0.2) is 16.2 Å². The van der Waals surface area contributed by atoms with Gasteiger partial charge in [0.1, 0.15) is 5.75 Å². The summed E-state index contributed by atoms with van der Waals surface area (Å²) in [6.07, 6.45) is 1.25. The Bertz CT molecular complexity index is 427. The molecule has 0 atom stereocenters. The van der Waals surface area contributed by atoms with Crippen LogP contribution in [0, 0.1) is 5.41 Å². The molecule has 86 valence electrons. The van der Waals surface area contributed by atoms with Gasteiger partial charge in [0.05, 0.1) is 5.41 Å². The van der Waals surface area contributed by atoms with E-state index >= 15 is 0 Å². The molecule has 0 unspecified atom stereocenters. The van der Waals surface area contributed by atoms with Crippen LogP contribution in [0.15, 0.2) is 24.3 Å². The van der Waals surface area contributed by atoms with E-state index < -0.39 is 11.4 Å². The lowest BCUT2D eigenvalue weighted by Crippen LogP contribution is -2.52. The number of carboxylic acid groups (broad SMARTS) is 1. The summed E-state index contributed by atoms with van der Waals surface area (Å²) in [6, 6.07) is 6.59. The number of carbonyl (C=O) groups is 1. The highest BCUT2D eigenvalue weighted by Gasteiger charge is 2.55. The third-order valence-electron chi connectivity index (χ3n) is 3.37. The maximum absolute atomic E-state index is 11.4. The molecule has 0 amide bonds. The predicted molar refractivity (Wildman–Crippen MR) is 60.4 cm³/mol. The van der Waals surface area contributed by atoms with E-state index in [9.17, 15) is 15.0 Å². The summed E-state index contributed by atoms with van der Waals surface area (Å²) < 4.78 is 0. The zero-order chi connectivity index (χ0) is 12.0. The summed E-state index contributed by atoms with van der Waals surface area (Å²) in [6.45, 7) is 4.13. The maximum Gasteiger partial charge on any atom is 0.314 e. The molecule has 2 N–H and O–H groups in total. The van der Waals surface area contributed by atoms with Gasteiger partial charge in [-0.3, -0.25) is 4.79 Å². The molecule has 1 saturated carbocycles. The summed E-state index contributed by atoms with van der Waals surface area (Å²) in [7, 11) is 0. The number of aromatic hydroxyl groups is 1. The first kappa shape index (κ1) is 11.0. The lowest BCUT2D eigenvalue weighted by molar-refractivity contribution is -0.153. The number of phenolic OH excluding ortho intramolecular Hbond substituents is 1. The molecule has 2 rings (SSSR count). The van der Waals surface area contributed by atoms with Gasteiger partial charge in [0.2, 0.25) is 0 Å². The van der Waals surface area contributed by atoms with Gasteiger partial charge in [-0.05, 0) is 36.0 Å². The van der Waals surface area contributed by atoms with Gasteiger partial charge in [0, 0.05) is 0 Å². The molecule has 3 heteroatoms. The summed E-state index contributed by atoms with van der Waals surface area (Å²) in [5.74, 6) is -0.666. The zero-order valence-electron chi connectivity index (χ0n) is 9.53. The third-order valence-corrected chi connectivity index (χ3v) is 3.37. The lowest BCUT2D eigenvalue weighted by atomic mass is 9.52. The van der Waals surface area contributed by atoms with E-state index in [1.54, 1.807) is 24.3 Å². The van der Waals surface area contributed by atoms with Gasteiger partial charge in [-0.2, -0.15) is 0 Å². The topological polar surface area (TPSA) is 57.5 Å². The largest absolute Gasteiger partial charge is 0.508 e. The first-order valence-corrected chi connectivity index (χ1v) is 5.39. The number of hydrogen-bond acceptors (Lipinski definition) is 2. The van der Waals surface area contributed by atoms with Crippen LogP contribution in [0.25, 0.3) is 0 Å². The summed E-state index contributed by atoms with van der Waals surface area (Å²) in [5.41, 5.74) is -0.0224. The number of phenols is 1. The molecule has 0 aromatic heterocycles. The van der Waals surface area contributed by atoms with Crippen LogP contribution in [0.5, 0.6) is 5.75 Å². The van der Waals surface area contributed by atoms with Crippen LogP contribution in [0.4, 0.5) is 0 Å². The number of benzene rings is 1. The van der Waals surface area contributed by atoms with Crippen molar-refractivity contribution >= 4 is 5.97 Å². The second kappa shape index (κ2) is 3.24. The van der Waals surface area contributed by atoms with E-state index in [-0.39, 0.29) is 11.2 Å². The molecule has 1 aromatic rings.